The average molecular weight is 459 g/mol. The van der Waals surface area contributed by atoms with Gasteiger partial charge in [0.15, 0.2) is 0 Å². The molecule has 1 fully saturated rings. The van der Waals surface area contributed by atoms with Gasteiger partial charge in [-0.25, -0.2) is 8.42 Å². The van der Waals surface area contributed by atoms with Crippen LogP contribution in [0.1, 0.15) is 38.5 Å². The van der Waals surface area contributed by atoms with E-state index in [0.717, 1.165) is 48.2 Å². The maximum Gasteiger partial charge on any atom is 0.416 e. The molecule has 4 rings (SSSR count). The van der Waals surface area contributed by atoms with E-state index >= 15 is 0 Å². The van der Waals surface area contributed by atoms with Gasteiger partial charge in [0.25, 0.3) is 5.91 Å². The molecule has 5 nitrogen and oxygen atoms in total. The van der Waals surface area contributed by atoms with Crippen molar-refractivity contribution in [2.24, 2.45) is 0 Å². The number of sulfonamides is 1. The van der Waals surface area contributed by atoms with Crippen molar-refractivity contribution in [3.8, 4) is 0 Å². The molecule has 0 bridgehead atoms. The number of fused-ring (bicyclic) bond motifs is 1. The van der Waals surface area contributed by atoms with E-state index in [1.54, 1.807) is 4.90 Å². The number of benzene rings is 1. The molecule has 1 aliphatic heterocycles. The summed E-state index contributed by atoms with van der Waals surface area (Å²) < 4.78 is 65.5. The molecule has 0 saturated carbocycles. The van der Waals surface area contributed by atoms with Gasteiger partial charge in [0.05, 0.1) is 15.3 Å². The number of alkyl halides is 3. The first-order valence-electron chi connectivity index (χ1n) is 9.74. The van der Waals surface area contributed by atoms with Gasteiger partial charge in [-0.15, -0.1) is 11.3 Å². The summed E-state index contributed by atoms with van der Waals surface area (Å²) in [5.41, 5.74) is 0.236. The lowest BCUT2D eigenvalue weighted by atomic mass is 9.99. The van der Waals surface area contributed by atoms with Crippen LogP contribution in [0.25, 0.3) is 0 Å². The predicted octanol–water partition coefficient (Wildman–Crippen LogP) is 3.79. The molecule has 0 radical (unpaired) electrons. The SMILES string of the molecule is O=C(c1cc2c(s1)CCCC2)N1CCN(S(=O)(=O)c2cccc(C(F)(F)F)c2)CC1. The lowest BCUT2D eigenvalue weighted by molar-refractivity contribution is -0.137. The Kier molecular flexibility index (Phi) is 5.67. The fourth-order valence-electron chi connectivity index (χ4n) is 3.87. The Morgan fingerprint density at radius 2 is 1.70 bits per heavy atom. The van der Waals surface area contributed by atoms with Gasteiger partial charge in [0.1, 0.15) is 0 Å². The third kappa shape index (κ3) is 4.13. The maximum atomic E-state index is 12.9. The van der Waals surface area contributed by atoms with Crippen LogP contribution in [0, 0.1) is 0 Å². The topological polar surface area (TPSA) is 57.7 Å². The molecule has 0 atom stereocenters. The minimum Gasteiger partial charge on any atom is -0.335 e. The van der Waals surface area contributed by atoms with Crippen LogP contribution >= 0.6 is 11.3 Å². The number of aryl methyl sites for hydroxylation is 2. The molecule has 0 unspecified atom stereocenters. The number of rotatable bonds is 3. The largest absolute Gasteiger partial charge is 0.416 e. The molecule has 0 N–H and O–H groups in total. The van der Waals surface area contributed by atoms with Gasteiger partial charge < -0.3 is 4.90 Å². The van der Waals surface area contributed by atoms with Gasteiger partial charge in [-0.1, -0.05) is 6.07 Å². The second-order valence-corrected chi connectivity index (χ2v) is 10.6. The van der Waals surface area contributed by atoms with E-state index in [0.29, 0.717) is 10.9 Å². The van der Waals surface area contributed by atoms with Crippen molar-refractivity contribution in [1.82, 2.24) is 9.21 Å². The molecule has 2 aliphatic rings. The van der Waals surface area contributed by atoms with Crippen molar-refractivity contribution >= 4 is 27.3 Å². The van der Waals surface area contributed by atoms with Crippen LogP contribution in [0.4, 0.5) is 13.2 Å². The Labute approximate surface area is 177 Å². The summed E-state index contributed by atoms with van der Waals surface area (Å²) >= 11 is 1.51. The quantitative estimate of drug-likeness (QED) is 0.703. The van der Waals surface area contributed by atoms with E-state index in [4.69, 9.17) is 0 Å². The number of hydrogen-bond acceptors (Lipinski definition) is 4. The molecule has 1 aromatic carbocycles. The second-order valence-electron chi connectivity index (χ2n) is 7.49. The van der Waals surface area contributed by atoms with E-state index in [2.05, 4.69) is 0 Å². The molecule has 30 heavy (non-hydrogen) atoms. The first-order valence-corrected chi connectivity index (χ1v) is 12.0. The van der Waals surface area contributed by atoms with Gasteiger partial charge in [-0.2, -0.15) is 17.5 Å². The number of amides is 1. The molecule has 1 saturated heterocycles. The first kappa shape index (κ1) is 21.3. The predicted molar refractivity (Wildman–Crippen MR) is 107 cm³/mol. The number of carbonyl (C=O) groups excluding carboxylic acids is 1. The summed E-state index contributed by atoms with van der Waals surface area (Å²) in [6.07, 6.45) is -0.369. The highest BCUT2D eigenvalue weighted by Gasteiger charge is 2.35. The lowest BCUT2D eigenvalue weighted by Crippen LogP contribution is -2.50. The number of hydrogen-bond donors (Lipinski definition) is 0. The summed E-state index contributed by atoms with van der Waals surface area (Å²) in [7, 11) is -4.06. The van der Waals surface area contributed by atoms with Crippen LogP contribution in [0.3, 0.4) is 0 Å². The Morgan fingerprint density at radius 1 is 1.00 bits per heavy atom. The Hall–Kier alpha value is -1.91. The molecular weight excluding hydrogens is 437 g/mol. The van der Waals surface area contributed by atoms with Gasteiger partial charge in [-0.3, -0.25) is 4.79 Å². The van der Waals surface area contributed by atoms with Crippen LogP contribution in [-0.2, 0) is 29.0 Å². The third-order valence-electron chi connectivity index (χ3n) is 5.53. The van der Waals surface area contributed by atoms with E-state index < -0.39 is 21.8 Å². The number of piperazine rings is 1. The zero-order valence-corrected chi connectivity index (χ0v) is 17.7. The number of thiophene rings is 1. The number of nitrogens with zero attached hydrogens (tertiary/aromatic N) is 2. The molecular formula is C20H21F3N2O3S2. The summed E-state index contributed by atoms with van der Waals surface area (Å²) in [6, 6.07) is 5.71. The van der Waals surface area contributed by atoms with Crippen LogP contribution in [0.2, 0.25) is 0 Å². The van der Waals surface area contributed by atoms with Gasteiger partial charge >= 0.3 is 6.18 Å². The van der Waals surface area contributed by atoms with E-state index in [1.807, 2.05) is 6.07 Å². The fourth-order valence-corrected chi connectivity index (χ4v) is 6.56. The van der Waals surface area contributed by atoms with Crippen LogP contribution < -0.4 is 0 Å². The van der Waals surface area contributed by atoms with E-state index in [1.165, 1.54) is 21.8 Å². The first-order chi connectivity index (χ1) is 14.2. The minimum absolute atomic E-state index is 0.0510. The van der Waals surface area contributed by atoms with Gasteiger partial charge in [0.2, 0.25) is 10.0 Å². The summed E-state index contributed by atoms with van der Waals surface area (Å²) in [5.74, 6) is -0.106. The minimum atomic E-state index is -4.61. The molecule has 2 heterocycles. The molecule has 1 amide bonds. The Balaban J connectivity index is 1.45. The smallest absolute Gasteiger partial charge is 0.335 e. The monoisotopic (exact) mass is 458 g/mol. The van der Waals surface area contributed by atoms with Crippen molar-refractivity contribution in [2.45, 2.75) is 36.8 Å². The fraction of sp³-hybridized carbons (Fsp3) is 0.450. The number of carbonyl (C=O) groups is 1. The van der Waals surface area contributed by atoms with Crippen molar-refractivity contribution in [1.29, 1.82) is 0 Å². The van der Waals surface area contributed by atoms with Gasteiger partial charge in [0, 0.05) is 31.1 Å². The lowest BCUT2D eigenvalue weighted by Gasteiger charge is -2.33. The molecule has 2 aromatic rings. The van der Waals surface area contributed by atoms with Crippen molar-refractivity contribution in [2.75, 3.05) is 26.2 Å². The van der Waals surface area contributed by atoms with Crippen molar-refractivity contribution in [3.63, 3.8) is 0 Å². The molecule has 1 aliphatic carbocycles. The van der Waals surface area contributed by atoms with Crippen molar-refractivity contribution in [3.05, 3.63) is 51.2 Å². The average Bonchev–Trinajstić information content (AvgIpc) is 3.17. The molecule has 162 valence electrons. The second kappa shape index (κ2) is 7.97. The molecule has 1 aromatic heterocycles. The standard InChI is InChI=1S/C20H21F3N2O3S2/c21-20(22,23)15-5-3-6-16(13-15)30(27,28)25-10-8-24(9-11-25)19(26)18-12-14-4-1-2-7-17(14)29-18/h3,5-6,12-13H,1-2,4,7-11H2. The van der Waals surface area contributed by atoms with E-state index in [-0.39, 0.29) is 37.0 Å². The van der Waals surface area contributed by atoms with E-state index in [9.17, 15) is 26.4 Å². The normalized spacial score (nSPS) is 18.3. The zero-order valence-electron chi connectivity index (χ0n) is 16.1. The highest BCUT2D eigenvalue weighted by molar-refractivity contribution is 7.89. The van der Waals surface area contributed by atoms with Crippen LogP contribution in [0.15, 0.2) is 35.2 Å². The molecule has 0 spiro atoms. The Bertz CT molecular complexity index is 1030. The van der Waals surface area contributed by atoms with Crippen LogP contribution in [0.5, 0.6) is 0 Å². The highest BCUT2D eigenvalue weighted by atomic mass is 32.2. The van der Waals surface area contributed by atoms with Crippen LogP contribution in [-0.4, -0.2) is 49.7 Å². The summed E-state index contributed by atoms with van der Waals surface area (Å²) in [5, 5.41) is 0. The molecule has 10 heteroatoms. The number of halogens is 3. The maximum absolute atomic E-state index is 12.9. The third-order valence-corrected chi connectivity index (χ3v) is 8.65. The Morgan fingerprint density at radius 3 is 2.37 bits per heavy atom. The summed E-state index contributed by atoms with van der Waals surface area (Å²) in [6.45, 7) is 0.518. The highest BCUT2D eigenvalue weighted by Crippen LogP contribution is 2.32. The van der Waals surface area contributed by atoms with Gasteiger partial charge in [-0.05, 0) is 55.5 Å². The summed E-state index contributed by atoms with van der Waals surface area (Å²) in [4.78, 5) is 16.0. The van der Waals surface area contributed by atoms with Crippen molar-refractivity contribution < 1.29 is 26.4 Å². The zero-order chi connectivity index (χ0) is 21.5.